The lowest BCUT2D eigenvalue weighted by molar-refractivity contribution is -0.385. The van der Waals surface area contributed by atoms with E-state index in [1.165, 1.54) is 30.9 Å². The van der Waals surface area contributed by atoms with Crippen molar-refractivity contribution >= 4 is 11.8 Å². The number of benzene rings is 1. The summed E-state index contributed by atoms with van der Waals surface area (Å²) in [6, 6.07) is 6.57. The first-order valence-electron chi connectivity index (χ1n) is 12.6. The molecule has 1 unspecified atom stereocenters. The van der Waals surface area contributed by atoms with Gasteiger partial charge in [0.05, 0.1) is 16.0 Å². The molecule has 6 bridgehead atoms. The Morgan fingerprint density at radius 3 is 2.52 bits per heavy atom. The minimum Gasteiger partial charge on any atom is -0.444 e. The van der Waals surface area contributed by atoms with E-state index in [-0.39, 0.29) is 29.5 Å². The molecule has 0 radical (unpaired) electrons. The van der Waals surface area contributed by atoms with Gasteiger partial charge < -0.3 is 4.74 Å². The fraction of sp³-hybridized carbons (Fsp3) is 0.630. The number of carbonyl (C=O) groups excluding carboxylic acids is 1. The Balaban J connectivity index is 1.33. The second kappa shape index (κ2) is 7.73. The molecule has 6 nitrogen and oxygen atoms in total. The van der Waals surface area contributed by atoms with Gasteiger partial charge in [0.25, 0.3) is 5.69 Å². The highest BCUT2D eigenvalue weighted by molar-refractivity contribution is 5.71. The number of ether oxygens (including phenoxy) is 1. The number of hydrogen-bond donors (Lipinski definition) is 0. The Hall–Kier alpha value is -2.59. The molecule has 0 spiro atoms. The van der Waals surface area contributed by atoms with E-state index in [0.717, 1.165) is 69.1 Å². The Bertz CT molecular complexity index is 1020. The Morgan fingerprint density at radius 1 is 1.12 bits per heavy atom. The Morgan fingerprint density at radius 2 is 1.82 bits per heavy atom. The highest BCUT2D eigenvalue weighted by atomic mass is 16.6. The van der Waals surface area contributed by atoms with E-state index in [9.17, 15) is 14.9 Å². The average Bonchev–Trinajstić information content (AvgIpc) is 2.77. The maximum atomic E-state index is 14.0. The van der Waals surface area contributed by atoms with Crippen molar-refractivity contribution in [2.24, 2.45) is 17.8 Å². The molecule has 0 aromatic heterocycles. The van der Waals surface area contributed by atoms with Crippen molar-refractivity contribution < 1.29 is 14.5 Å². The molecule has 6 aliphatic carbocycles. The molecule has 1 amide bonds. The van der Waals surface area contributed by atoms with Crippen molar-refractivity contribution in [1.29, 1.82) is 0 Å². The van der Waals surface area contributed by atoms with Crippen molar-refractivity contribution in [2.75, 3.05) is 0 Å². The van der Waals surface area contributed by atoms with Crippen LogP contribution < -0.4 is 0 Å². The minimum atomic E-state index is -0.400. The monoisotopic (exact) mass is 448 g/mol. The van der Waals surface area contributed by atoms with Crippen LogP contribution in [0.4, 0.5) is 10.5 Å². The van der Waals surface area contributed by atoms with E-state index in [1.54, 1.807) is 18.2 Å². The van der Waals surface area contributed by atoms with Crippen LogP contribution in [0.2, 0.25) is 0 Å². The molecule has 33 heavy (non-hydrogen) atoms. The molecule has 1 aromatic rings. The summed E-state index contributed by atoms with van der Waals surface area (Å²) in [7, 11) is 0. The molecule has 7 rings (SSSR count). The van der Waals surface area contributed by atoms with Gasteiger partial charge in [-0.05, 0) is 106 Å². The maximum absolute atomic E-state index is 14.0. The Labute approximate surface area is 194 Å². The van der Waals surface area contributed by atoms with Crippen LogP contribution in [-0.2, 0) is 11.3 Å². The van der Waals surface area contributed by atoms with Crippen LogP contribution in [0.15, 0.2) is 41.6 Å². The van der Waals surface area contributed by atoms with Crippen molar-refractivity contribution in [3.63, 3.8) is 0 Å². The molecule has 1 atom stereocenters. The van der Waals surface area contributed by atoms with Gasteiger partial charge >= 0.3 is 6.09 Å². The first-order chi connectivity index (χ1) is 16.0. The van der Waals surface area contributed by atoms with Crippen molar-refractivity contribution in [1.82, 2.24) is 4.90 Å². The van der Waals surface area contributed by atoms with Crippen molar-refractivity contribution in [2.45, 2.75) is 88.3 Å². The molecular weight excluding hydrogens is 416 g/mol. The zero-order chi connectivity index (χ0) is 22.6. The molecule has 5 fully saturated rings. The number of fused-ring (bicyclic) bond motifs is 2. The standard InChI is InChI=1S/C27H32N2O4/c30-25(33-18-23-7-1-2-8-24(23)29(31)32)28(26-9-3-5-19(14-26)6-4-10-26)27-15-20-11-21(16-27)13-22(12-20)17-27/h1-3,7-8,20-22H,4,6,9-18H2. The molecule has 1 aromatic carbocycles. The topological polar surface area (TPSA) is 72.7 Å². The SMILES string of the molecule is O=C(OCc1ccccc1[N+](=O)[O-])N(C12CC=C=C(CCC1)C2)C12CC3CC(CC(C3)C1)C2. The minimum absolute atomic E-state index is 0.00769. The van der Waals surface area contributed by atoms with Crippen LogP contribution in [0.5, 0.6) is 0 Å². The van der Waals surface area contributed by atoms with Gasteiger partial charge in [-0.2, -0.15) is 0 Å². The predicted molar refractivity (Wildman–Crippen MR) is 123 cm³/mol. The largest absolute Gasteiger partial charge is 0.444 e. The molecule has 174 valence electrons. The summed E-state index contributed by atoms with van der Waals surface area (Å²) in [5.74, 6) is 2.16. The molecular formula is C27H32N2O4. The van der Waals surface area contributed by atoms with E-state index in [1.807, 2.05) is 0 Å². The smallest absolute Gasteiger partial charge is 0.411 e. The average molecular weight is 449 g/mol. The number of nitro groups is 1. The number of nitrogens with zero attached hydrogens (tertiary/aromatic N) is 2. The van der Waals surface area contributed by atoms with Gasteiger partial charge in [0, 0.05) is 11.6 Å². The third kappa shape index (κ3) is 3.50. The first-order valence-corrected chi connectivity index (χ1v) is 12.6. The summed E-state index contributed by atoms with van der Waals surface area (Å²) in [6.07, 6.45) is 13.9. The molecule has 0 heterocycles. The second-order valence-corrected chi connectivity index (χ2v) is 11.3. The highest BCUT2D eigenvalue weighted by Crippen LogP contribution is 2.60. The van der Waals surface area contributed by atoms with E-state index >= 15 is 0 Å². The summed E-state index contributed by atoms with van der Waals surface area (Å²) in [5, 5.41) is 11.5. The van der Waals surface area contributed by atoms with Gasteiger partial charge in [0.2, 0.25) is 0 Å². The quantitative estimate of drug-likeness (QED) is 0.301. The van der Waals surface area contributed by atoms with Gasteiger partial charge in [-0.1, -0.05) is 12.1 Å². The summed E-state index contributed by atoms with van der Waals surface area (Å²) in [4.78, 5) is 27.3. The number of para-hydroxylation sites is 1. The van der Waals surface area contributed by atoms with Crippen molar-refractivity contribution in [3.05, 3.63) is 57.3 Å². The number of hydrogen-bond acceptors (Lipinski definition) is 4. The third-order valence-electron chi connectivity index (χ3n) is 9.13. The lowest BCUT2D eigenvalue weighted by atomic mass is 9.51. The zero-order valence-corrected chi connectivity index (χ0v) is 19.1. The van der Waals surface area contributed by atoms with Gasteiger partial charge in [-0.25, -0.2) is 4.79 Å². The van der Waals surface area contributed by atoms with Crippen LogP contribution in [0.3, 0.4) is 0 Å². The van der Waals surface area contributed by atoms with Gasteiger partial charge in [-0.3, -0.25) is 15.0 Å². The summed E-state index contributed by atoms with van der Waals surface area (Å²) < 4.78 is 5.95. The molecule has 0 aliphatic heterocycles. The summed E-state index contributed by atoms with van der Waals surface area (Å²) in [5.41, 5.74) is 4.89. The van der Waals surface area contributed by atoms with E-state index in [0.29, 0.717) is 5.56 Å². The number of amides is 1. The van der Waals surface area contributed by atoms with Crippen LogP contribution in [0.1, 0.15) is 76.2 Å². The third-order valence-corrected chi connectivity index (χ3v) is 9.13. The number of carbonyl (C=O) groups is 1. The van der Waals surface area contributed by atoms with E-state index < -0.39 is 4.92 Å². The first kappa shape index (κ1) is 21.0. The van der Waals surface area contributed by atoms with Crippen LogP contribution >= 0.6 is 0 Å². The maximum Gasteiger partial charge on any atom is 0.411 e. The summed E-state index contributed by atoms with van der Waals surface area (Å²) in [6.45, 7) is -0.0620. The molecule has 6 aliphatic rings. The van der Waals surface area contributed by atoms with Crippen LogP contribution in [0.25, 0.3) is 0 Å². The zero-order valence-electron chi connectivity index (χ0n) is 19.1. The van der Waals surface area contributed by atoms with Crippen LogP contribution in [0, 0.1) is 27.9 Å². The highest BCUT2D eigenvalue weighted by Gasteiger charge is 2.60. The second-order valence-electron chi connectivity index (χ2n) is 11.3. The van der Waals surface area contributed by atoms with Gasteiger partial charge in [-0.15, -0.1) is 5.73 Å². The fourth-order valence-corrected chi connectivity index (χ4v) is 8.41. The predicted octanol–water partition coefficient (Wildman–Crippen LogP) is 6.30. The molecule has 6 heteroatoms. The summed E-state index contributed by atoms with van der Waals surface area (Å²) >= 11 is 0. The Kier molecular flexibility index (Phi) is 4.91. The van der Waals surface area contributed by atoms with Crippen LogP contribution in [-0.4, -0.2) is 27.0 Å². The molecule has 0 N–H and O–H groups in total. The number of rotatable bonds is 5. The van der Waals surface area contributed by atoms with Crippen molar-refractivity contribution in [3.8, 4) is 0 Å². The van der Waals surface area contributed by atoms with E-state index in [2.05, 4.69) is 16.7 Å². The van der Waals surface area contributed by atoms with Gasteiger partial charge in [0.15, 0.2) is 0 Å². The lowest BCUT2D eigenvalue weighted by Gasteiger charge is -2.64. The normalized spacial score (nSPS) is 35.8. The lowest BCUT2D eigenvalue weighted by Crippen LogP contribution is -2.69. The molecule has 5 saturated carbocycles. The fourth-order valence-electron chi connectivity index (χ4n) is 8.41. The van der Waals surface area contributed by atoms with Gasteiger partial charge in [0.1, 0.15) is 6.61 Å². The van der Waals surface area contributed by atoms with E-state index in [4.69, 9.17) is 4.74 Å². The molecule has 0 saturated heterocycles. The number of nitro benzene ring substituents is 1.